The van der Waals surface area contributed by atoms with E-state index in [9.17, 15) is 4.79 Å². The van der Waals surface area contributed by atoms with Crippen molar-refractivity contribution in [2.45, 2.75) is 19.6 Å². The van der Waals surface area contributed by atoms with Crippen LogP contribution in [0.5, 0.6) is 0 Å². The fourth-order valence-corrected chi connectivity index (χ4v) is 3.83. The Morgan fingerprint density at radius 3 is 2.79 bits per heavy atom. The molecular formula is C21H20N4O2S. The highest BCUT2D eigenvalue weighted by Gasteiger charge is 2.11. The van der Waals surface area contributed by atoms with E-state index in [0.29, 0.717) is 6.61 Å². The summed E-state index contributed by atoms with van der Waals surface area (Å²) in [6.45, 7) is 2.30. The van der Waals surface area contributed by atoms with Crippen LogP contribution in [0.1, 0.15) is 23.5 Å². The third kappa shape index (κ3) is 4.27. The number of carbonyl (C=O) groups is 1. The Bertz CT molecular complexity index is 1020. The maximum atomic E-state index is 12.2. The molecule has 0 aliphatic heterocycles. The molecule has 0 radical (unpaired) electrons. The van der Waals surface area contributed by atoms with Gasteiger partial charge in [0.05, 0.1) is 29.2 Å². The molecule has 6 nitrogen and oxygen atoms in total. The average molecular weight is 392 g/mol. The second kappa shape index (κ2) is 8.33. The van der Waals surface area contributed by atoms with E-state index in [4.69, 9.17) is 4.74 Å². The van der Waals surface area contributed by atoms with Gasteiger partial charge < -0.3 is 14.6 Å². The quantitative estimate of drug-likeness (QED) is 0.518. The Balaban J connectivity index is 1.27. The van der Waals surface area contributed by atoms with Crippen LogP contribution in [-0.2, 0) is 16.1 Å². The van der Waals surface area contributed by atoms with Crippen LogP contribution < -0.4 is 5.32 Å². The second-order valence-corrected chi connectivity index (χ2v) is 7.53. The molecule has 0 saturated heterocycles. The minimum atomic E-state index is -0.146. The zero-order valence-electron chi connectivity index (χ0n) is 15.4. The number of hydrogen-bond donors (Lipinski definition) is 1. The Labute approximate surface area is 166 Å². The number of para-hydroxylation sites is 1. The summed E-state index contributed by atoms with van der Waals surface area (Å²) in [4.78, 5) is 20.7. The van der Waals surface area contributed by atoms with Gasteiger partial charge in [0.15, 0.2) is 0 Å². The molecule has 1 unspecified atom stereocenters. The van der Waals surface area contributed by atoms with Crippen molar-refractivity contribution in [3.05, 3.63) is 77.8 Å². The molecule has 1 amide bonds. The predicted molar refractivity (Wildman–Crippen MR) is 109 cm³/mol. The first-order valence-electron chi connectivity index (χ1n) is 8.99. The van der Waals surface area contributed by atoms with Crippen LogP contribution in [0.15, 0.2) is 67.3 Å². The Hall–Kier alpha value is -3.03. The lowest BCUT2D eigenvalue weighted by Gasteiger charge is -2.15. The Morgan fingerprint density at radius 2 is 2.04 bits per heavy atom. The monoisotopic (exact) mass is 392 g/mol. The lowest BCUT2D eigenvalue weighted by Crippen LogP contribution is -2.30. The van der Waals surface area contributed by atoms with Crippen molar-refractivity contribution >= 4 is 27.5 Å². The number of carbonyl (C=O) groups excluding carboxylic acids is 1. The fraction of sp³-hybridized carbons (Fsp3) is 0.190. The highest BCUT2D eigenvalue weighted by molar-refractivity contribution is 7.18. The maximum absolute atomic E-state index is 12.2. The lowest BCUT2D eigenvalue weighted by atomic mass is 10.1. The van der Waals surface area contributed by atoms with E-state index < -0.39 is 0 Å². The van der Waals surface area contributed by atoms with E-state index in [0.717, 1.165) is 26.5 Å². The molecule has 28 heavy (non-hydrogen) atoms. The molecule has 2 heterocycles. The fourth-order valence-electron chi connectivity index (χ4n) is 2.93. The Morgan fingerprint density at radius 1 is 1.21 bits per heavy atom. The number of fused-ring (bicyclic) bond motifs is 1. The molecule has 2 aromatic carbocycles. The molecule has 0 saturated carbocycles. The van der Waals surface area contributed by atoms with Crippen molar-refractivity contribution in [2.24, 2.45) is 0 Å². The van der Waals surface area contributed by atoms with E-state index in [2.05, 4.69) is 15.3 Å². The van der Waals surface area contributed by atoms with E-state index in [1.54, 1.807) is 23.9 Å². The van der Waals surface area contributed by atoms with E-state index in [-0.39, 0.29) is 18.6 Å². The van der Waals surface area contributed by atoms with Crippen LogP contribution in [0, 0.1) is 0 Å². The number of aromatic nitrogens is 3. The number of ether oxygens (including phenoxy) is 1. The minimum Gasteiger partial charge on any atom is -0.364 e. The summed E-state index contributed by atoms with van der Waals surface area (Å²) in [6, 6.07) is 15.9. The van der Waals surface area contributed by atoms with Gasteiger partial charge in [-0.2, -0.15) is 0 Å². The van der Waals surface area contributed by atoms with Gasteiger partial charge in [-0.25, -0.2) is 9.97 Å². The van der Waals surface area contributed by atoms with Gasteiger partial charge in [-0.05, 0) is 36.8 Å². The first kappa shape index (κ1) is 18.3. The molecule has 0 spiro atoms. The van der Waals surface area contributed by atoms with Crippen LogP contribution in [0.4, 0.5) is 0 Å². The number of nitrogens with zero attached hydrogens (tertiary/aromatic N) is 3. The maximum Gasteiger partial charge on any atom is 0.246 e. The summed E-state index contributed by atoms with van der Waals surface area (Å²) >= 11 is 1.59. The van der Waals surface area contributed by atoms with Crippen molar-refractivity contribution in [1.82, 2.24) is 19.9 Å². The molecule has 0 aliphatic carbocycles. The number of rotatable bonds is 7. The van der Waals surface area contributed by atoms with Gasteiger partial charge in [0, 0.05) is 18.1 Å². The summed E-state index contributed by atoms with van der Waals surface area (Å²) in [5.74, 6) is -0.146. The summed E-state index contributed by atoms with van der Waals surface area (Å²) in [5.41, 5.74) is 3.02. The molecular weight excluding hydrogens is 372 g/mol. The van der Waals surface area contributed by atoms with Gasteiger partial charge in [0.25, 0.3) is 0 Å². The molecule has 142 valence electrons. The van der Waals surface area contributed by atoms with Gasteiger partial charge in [0.1, 0.15) is 11.6 Å². The van der Waals surface area contributed by atoms with Crippen molar-refractivity contribution in [1.29, 1.82) is 0 Å². The largest absolute Gasteiger partial charge is 0.364 e. The van der Waals surface area contributed by atoms with Gasteiger partial charge >= 0.3 is 0 Å². The van der Waals surface area contributed by atoms with Crippen LogP contribution in [0.25, 0.3) is 15.9 Å². The van der Waals surface area contributed by atoms with E-state index in [1.165, 1.54) is 0 Å². The lowest BCUT2D eigenvalue weighted by molar-refractivity contribution is -0.126. The predicted octanol–water partition coefficient (Wildman–Crippen LogP) is 3.88. The molecule has 1 N–H and O–H groups in total. The zero-order chi connectivity index (χ0) is 19.3. The molecule has 0 aliphatic rings. The van der Waals surface area contributed by atoms with Crippen LogP contribution >= 0.6 is 11.3 Å². The first-order valence-corrected chi connectivity index (χ1v) is 9.80. The first-order chi connectivity index (χ1) is 13.7. The summed E-state index contributed by atoms with van der Waals surface area (Å²) in [7, 11) is 0. The molecule has 7 heteroatoms. The van der Waals surface area contributed by atoms with Gasteiger partial charge in [-0.1, -0.05) is 24.3 Å². The smallest absolute Gasteiger partial charge is 0.246 e. The van der Waals surface area contributed by atoms with Crippen LogP contribution in [-0.4, -0.2) is 27.0 Å². The molecule has 0 fully saturated rings. The third-order valence-electron chi connectivity index (χ3n) is 4.37. The third-order valence-corrected chi connectivity index (χ3v) is 5.38. The number of nitrogens with one attached hydrogen (secondary N) is 1. The highest BCUT2D eigenvalue weighted by atomic mass is 32.1. The van der Waals surface area contributed by atoms with E-state index in [1.807, 2.05) is 66.2 Å². The molecule has 0 bridgehead atoms. The van der Waals surface area contributed by atoms with Crippen molar-refractivity contribution in [2.75, 3.05) is 6.61 Å². The van der Waals surface area contributed by atoms with Crippen LogP contribution in [0.2, 0.25) is 0 Å². The Kier molecular flexibility index (Phi) is 5.45. The van der Waals surface area contributed by atoms with Crippen molar-refractivity contribution in [3.63, 3.8) is 0 Å². The number of imidazole rings is 1. The second-order valence-electron chi connectivity index (χ2n) is 6.42. The van der Waals surface area contributed by atoms with E-state index >= 15 is 0 Å². The van der Waals surface area contributed by atoms with Crippen LogP contribution in [0.3, 0.4) is 0 Å². The summed E-state index contributed by atoms with van der Waals surface area (Å²) in [6.07, 6.45) is 5.39. The standard InChI is InChI=1S/C21H20N4O2S/c1-15(16-6-8-17(9-7-16)25-11-10-22-14-25)23-20(26)12-27-13-21-24-18-4-2-3-5-19(18)28-21/h2-11,14-15H,12-13H2,1H3,(H,23,26). The normalized spacial score (nSPS) is 12.2. The topological polar surface area (TPSA) is 69.0 Å². The number of hydrogen-bond acceptors (Lipinski definition) is 5. The average Bonchev–Trinajstić information content (AvgIpc) is 3.37. The van der Waals surface area contributed by atoms with Crippen molar-refractivity contribution < 1.29 is 9.53 Å². The number of amides is 1. The summed E-state index contributed by atoms with van der Waals surface area (Å²) < 4.78 is 8.60. The van der Waals surface area contributed by atoms with Gasteiger partial charge in [0.2, 0.25) is 5.91 Å². The molecule has 2 aromatic heterocycles. The molecule has 4 aromatic rings. The summed E-state index contributed by atoms with van der Waals surface area (Å²) in [5, 5.41) is 3.84. The number of benzene rings is 2. The number of thiazole rings is 1. The molecule has 1 atom stereocenters. The van der Waals surface area contributed by atoms with Crippen molar-refractivity contribution in [3.8, 4) is 5.69 Å². The minimum absolute atomic E-state index is 0.00733. The van der Waals surface area contributed by atoms with Gasteiger partial charge in [-0.15, -0.1) is 11.3 Å². The molecule has 4 rings (SSSR count). The zero-order valence-corrected chi connectivity index (χ0v) is 16.2. The SMILES string of the molecule is CC(NC(=O)COCc1nc2ccccc2s1)c1ccc(-n2ccnc2)cc1. The van der Waals surface area contributed by atoms with Gasteiger partial charge in [-0.3, -0.25) is 4.79 Å². The highest BCUT2D eigenvalue weighted by Crippen LogP contribution is 2.22.